The molecule has 2 unspecified atom stereocenters. The van der Waals surface area contributed by atoms with E-state index in [1.807, 2.05) is 25.1 Å². The van der Waals surface area contributed by atoms with Gasteiger partial charge < -0.3 is 5.73 Å². The van der Waals surface area contributed by atoms with Gasteiger partial charge in [0.25, 0.3) is 0 Å². The van der Waals surface area contributed by atoms with Crippen molar-refractivity contribution in [3.63, 3.8) is 0 Å². The first-order valence-electron chi connectivity index (χ1n) is 6.28. The first kappa shape index (κ1) is 15.4. The molecule has 0 saturated carbocycles. The molecule has 0 radical (unpaired) electrons. The lowest BCUT2D eigenvalue weighted by atomic mass is 9.93. The molecule has 1 fully saturated rings. The molecule has 0 aromatic heterocycles. The summed E-state index contributed by atoms with van der Waals surface area (Å²) in [6.45, 7) is 3.59. The Hall–Kier alpha value is -0.640. The number of nitrogens with zero attached hydrogens (tertiary/aromatic N) is 1. The maximum atomic E-state index is 12.5. The lowest BCUT2D eigenvalue weighted by Crippen LogP contribution is -2.52. The van der Waals surface area contributed by atoms with Crippen molar-refractivity contribution in [3.05, 3.63) is 35.9 Å². The van der Waals surface area contributed by atoms with Gasteiger partial charge in [0.05, 0.1) is 12.3 Å². The second-order valence-electron chi connectivity index (χ2n) is 5.10. The minimum absolute atomic E-state index is 0. The second kappa shape index (κ2) is 6.50. The van der Waals surface area contributed by atoms with Crippen LogP contribution in [0.4, 0.5) is 4.39 Å². The van der Waals surface area contributed by atoms with Crippen LogP contribution < -0.4 is 5.73 Å². The van der Waals surface area contributed by atoms with Crippen molar-refractivity contribution in [3.8, 4) is 0 Å². The zero-order valence-electron chi connectivity index (χ0n) is 10.8. The molecule has 2 rings (SSSR count). The Morgan fingerprint density at radius 2 is 2.06 bits per heavy atom. The third-order valence-corrected chi connectivity index (χ3v) is 3.93. The van der Waals surface area contributed by atoms with Gasteiger partial charge >= 0.3 is 0 Å². The average molecular weight is 273 g/mol. The molecule has 1 aromatic rings. The molecule has 1 aromatic carbocycles. The van der Waals surface area contributed by atoms with Crippen LogP contribution >= 0.6 is 12.4 Å². The van der Waals surface area contributed by atoms with Crippen molar-refractivity contribution in [2.45, 2.75) is 32.0 Å². The summed E-state index contributed by atoms with van der Waals surface area (Å²) in [5.41, 5.74) is 7.25. The smallest absolute Gasteiger partial charge is 0.0898 e. The summed E-state index contributed by atoms with van der Waals surface area (Å²) < 4.78 is 12.5. The van der Waals surface area contributed by atoms with Crippen LogP contribution in [0.1, 0.15) is 25.3 Å². The van der Waals surface area contributed by atoms with Gasteiger partial charge in [-0.1, -0.05) is 30.3 Å². The van der Waals surface area contributed by atoms with Crippen molar-refractivity contribution in [1.82, 2.24) is 4.90 Å². The molecule has 4 heteroatoms. The van der Waals surface area contributed by atoms with Crippen molar-refractivity contribution >= 4 is 12.4 Å². The summed E-state index contributed by atoms with van der Waals surface area (Å²) in [5.74, 6) is 0.274. The summed E-state index contributed by atoms with van der Waals surface area (Å²) in [5, 5.41) is 0. The number of likely N-dealkylation sites (tertiary alicyclic amines) is 1. The van der Waals surface area contributed by atoms with E-state index < -0.39 is 0 Å². The van der Waals surface area contributed by atoms with Crippen LogP contribution in [-0.2, 0) is 6.54 Å². The zero-order chi connectivity index (χ0) is 12.3. The number of hydrogen-bond donors (Lipinski definition) is 1. The van der Waals surface area contributed by atoms with Gasteiger partial charge in [-0.2, -0.15) is 0 Å². The van der Waals surface area contributed by atoms with Crippen LogP contribution in [0.3, 0.4) is 0 Å². The van der Waals surface area contributed by atoms with Crippen molar-refractivity contribution < 1.29 is 4.39 Å². The van der Waals surface area contributed by atoms with E-state index in [0.717, 1.165) is 19.5 Å². The van der Waals surface area contributed by atoms with Gasteiger partial charge in [-0.25, -0.2) is 0 Å². The summed E-state index contributed by atoms with van der Waals surface area (Å²) in [6.07, 6.45) is 1.59. The molecular weight excluding hydrogens is 251 g/mol. The minimum atomic E-state index is -0.373. The Kier molecular flexibility index (Phi) is 5.57. The van der Waals surface area contributed by atoms with E-state index in [2.05, 4.69) is 17.0 Å². The minimum Gasteiger partial charge on any atom is -0.313 e. The molecule has 1 aliphatic heterocycles. The van der Waals surface area contributed by atoms with Crippen molar-refractivity contribution in [2.75, 3.05) is 13.2 Å². The molecule has 0 bridgehead atoms. The first-order chi connectivity index (χ1) is 8.14. The van der Waals surface area contributed by atoms with Crippen molar-refractivity contribution in [2.24, 2.45) is 11.7 Å². The third-order valence-electron chi connectivity index (χ3n) is 3.93. The standard InChI is InChI=1S/C14H21FN2.ClH/c1-14(16)13(7-9-15)8-10-17(14)11-12-5-3-2-4-6-12;/h2-6,13H,7-11,16H2,1H3;1H. The van der Waals surface area contributed by atoms with Crippen LogP contribution in [-0.4, -0.2) is 23.8 Å². The number of rotatable bonds is 4. The van der Waals surface area contributed by atoms with Gasteiger partial charge in [0, 0.05) is 13.1 Å². The topological polar surface area (TPSA) is 29.3 Å². The highest BCUT2D eigenvalue weighted by Crippen LogP contribution is 2.34. The van der Waals surface area contributed by atoms with Gasteiger partial charge in [-0.05, 0) is 31.2 Å². The number of nitrogens with two attached hydrogens (primary N) is 1. The fraction of sp³-hybridized carbons (Fsp3) is 0.571. The maximum Gasteiger partial charge on any atom is 0.0898 e. The van der Waals surface area contributed by atoms with Crippen LogP contribution in [0, 0.1) is 5.92 Å². The molecule has 1 saturated heterocycles. The largest absolute Gasteiger partial charge is 0.313 e. The van der Waals surface area contributed by atoms with E-state index in [-0.39, 0.29) is 30.7 Å². The van der Waals surface area contributed by atoms with E-state index in [1.165, 1.54) is 5.56 Å². The second-order valence-corrected chi connectivity index (χ2v) is 5.10. The molecular formula is C14H22ClFN2. The molecule has 18 heavy (non-hydrogen) atoms. The van der Waals surface area contributed by atoms with E-state index in [9.17, 15) is 4.39 Å². The molecule has 1 heterocycles. The lowest BCUT2D eigenvalue weighted by molar-refractivity contribution is 0.110. The fourth-order valence-corrected chi connectivity index (χ4v) is 2.72. The average Bonchev–Trinajstić information content (AvgIpc) is 2.58. The summed E-state index contributed by atoms with van der Waals surface area (Å²) >= 11 is 0. The third kappa shape index (κ3) is 3.22. The van der Waals surface area contributed by atoms with Gasteiger partial charge in [0.2, 0.25) is 0 Å². The van der Waals surface area contributed by atoms with Crippen molar-refractivity contribution in [1.29, 1.82) is 0 Å². The molecule has 0 spiro atoms. The zero-order valence-corrected chi connectivity index (χ0v) is 11.6. The van der Waals surface area contributed by atoms with E-state index in [0.29, 0.717) is 6.42 Å². The van der Waals surface area contributed by atoms with Gasteiger partial charge in [-0.3, -0.25) is 9.29 Å². The molecule has 2 N–H and O–H groups in total. The predicted molar refractivity (Wildman–Crippen MR) is 75.4 cm³/mol. The molecule has 1 aliphatic rings. The predicted octanol–water partition coefficient (Wildman–Crippen LogP) is 2.96. The lowest BCUT2D eigenvalue weighted by Gasteiger charge is -2.35. The normalized spacial score (nSPS) is 28.1. The monoisotopic (exact) mass is 272 g/mol. The SMILES string of the molecule is CC1(N)C(CCF)CCN1Cc1ccccc1.Cl. The molecule has 2 nitrogen and oxygen atoms in total. The van der Waals surface area contributed by atoms with Crippen LogP contribution in [0.5, 0.6) is 0 Å². The van der Waals surface area contributed by atoms with E-state index in [1.54, 1.807) is 0 Å². The quantitative estimate of drug-likeness (QED) is 0.913. The number of benzene rings is 1. The highest BCUT2D eigenvalue weighted by Gasteiger charge is 2.41. The summed E-state index contributed by atoms with van der Waals surface area (Å²) in [7, 11) is 0. The Balaban J connectivity index is 0.00000162. The molecule has 0 amide bonds. The maximum absolute atomic E-state index is 12.5. The Bertz CT molecular complexity index is 356. The van der Waals surface area contributed by atoms with E-state index in [4.69, 9.17) is 5.73 Å². The van der Waals surface area contributed by atoms with Gasteiger partial charge in [0.1, 0.15) is 0 Å². The van der Waals surface area contributed by atoms with Gasteiger partial charge in [-0.15, -0.1) is 12.4 Å². The molecule has 2 atom stereocenters. The Labute approximate surface area is 115 Å². The van der Waals surface area contributed by atoms with Crippen LogP contribution in [0.25, 0.3) is 0 Å². The summed E-state index contributed by atoms with van der Waals surface area (Å²) in [6, 6.07) is 10.3. The van der Waals surface area contributed by atoms with Crippen LogP contribution in [0.2, 0.25) is 0 Å². The number of hydrogen-bond acceptors (Lipinski definition) is 2. The number of alkyl halides is 1. The molecule has 0 aliphatic carbocycles. The summed E-state index contributed by atoms with van der Waals surface area (Å²) in [4.78, 5) is 2.27. The Morgan fingerprint density at radius 3 is 2.67 bits per heavy atom. The van der Waals surface area contributed by atoms with Gasteiger partial charge in [0.15, 0.2) is 0 Å². The highest BCUT2D eigenvalue weighted by atomic mass is 35.5. The molecule has 102 valence electrons. The van der Waals surface area contributed by atoms with E-state index >= 15 is 0 Å². The van der Waals surface area contributed by atoms with Crippen LogP contribution in [0.15, 0.2) is 30.3 Å². The fourth-order valence-electron chi connectivity index (χ4n) is 2.72. The highest BCUT2D eigenvalue weighted by molar-refractivity contribution is 5.85. The Morgan fingerprint density at radius 1 is 1.39 bits per heavy atom. The first-order valence-corrected chi connectivity index (χ1v) is 6.28. The number of halogens is 2.